The summed E-state index contributed by atoms with van der Waals surface area (Å²) in [5, 5.41) is 18.8. The first-order chi connectivity index (χ1) is 13.0. The van der Waals surface area contributed by atoms with Crippen molar-refractivity contribution in [3.63, 3.8) is 0 Å². The lowest BCUT2D eigenvalue weighted by atomic mass is 9.82. The molecule has 2 aromatic rings. The zero-order valence-corrected chi connectivity index (χ0v) is 16.4. The van der Waals surface area contributed by atoms with Crippen LogP contribution in [-0.4, -0.2) is 34.2 Å². The molecule has 0 saturated heterocycles. The van der Waals surface area contributed by atoms with Gasteiger partial charge in [-0.1, -0.05) is 60.8 Å². The number of rotatable bonds is 8. The summed E-state index contributed by atoms with van der Waals surface area (Å²) in [6, 6.07) is 17.0. The van der Waals surface area contributed by atoms with E-state index in [1.54, 1.807) is 0 Å². The molecule has 0 aromatic heterocycles. The standard InChI is InChI=1S/C21H28BClN2O2/c23-19-10-8-16(9-11-19)14-25-15-18-6-2-1-5-17(18)13-21(25)20(24)7-3-4-12-22(26)27/h1-2,5-6,8-11,20-21,26-27H,3-4,7,12-15,24H2. The molecule has 144 valence electrons. The number of fused-ring (bicyclic) bond motifs is 1. The molecule has 1 aliphatic heterocycles. The maximum Gasteiger partial charge on any atom is 0.451 e. The quantitative estimate of drug-likeness (QED) is 0.481. The Labute approximate surface area is 167 Å². The third-order valence-corrected chi connectivity index (χ3v) is 5.68. The second kappa shape index (κ2) is 9.72. The fraction of sp³-hybridized carbons (Fsp3) is 0.429. The number of nitrogens with two attached hydrogens (primary N) is 1. The second-order valence-electron chi connectivity index (χ2n) is 7.50. The van der Waals surface area contributed by atoms with E-state index in [2.05, 4.69) is 41.3 Å². The van der Waals surface area contributed by atoms with Crippen molar-refractivity contribution >= 4 is 18.7 Å². The monoisotopic (exact) mass is 386 g/mol. The average Bonchev–Trinajstić information content (AvgIpc) is 2.66. The highest BCUT2D eigenvalue weighted by Crippen LogP contribution is 2.28. The van der Waals surface area contributed by atoms with E-state index in [-0.39, 0.29) is 12.1 Å². The van der Waals surface area contributed by atoms with Crippen LogP contribution in [0.15, 0.2) is 48.5 Å². The van der Waals surface area contributed by atoms with Crippen LogP contribution in [0.4, 0.5) is 0 Å². The molecule has 0 bridgehead atoms. The zero-order chi connectivity index (χ0) is 19.2. The predicted molar refractivity (Wildman–Crippen MR) is 111 cm³/mol. The number of benzene rings is 2. The molecule has 0 radical (unpaired) electrons. The lowest BCUT2D eigenvalue weighted by Gasteiger charge is -2.40. The van der Waals surface area contributed by atoms with Gasteiger partial charge in [-0.2, -0.15) is 0 Å². The molecule has 0 aliphatic carbocycles. The Balaban J connectivity index is 1.70. The van der Waals surface area contributed by atoms with E-state index in [9.17, 15) is 0 Å². The molecule has 2 atom stereocenters. The maximum atomic E-state index is 9.01. The Morgan fingerprint density at radius 3 is 2.48 bits per heavy atom. The molecule has 0 fully saturated rings. The summed E-state index contributed by atoms with van der Waals surface area (Å²) in [5.41, 5.74) is 10.6. The Kier molecular flexibility index (Phi) is 7.33. The van der Waals surface area contributed by atoms with Crippen LogP contribution >= 0.6 is 11.6 Å². The molecular formula is C21H28BClN2O2. The molecule has 1 heterocycles. The van der Waals surface area contributed by atoms with Gasteiger partial charge in [0, 0.05) is 30.2 Å². The van der Waals surface area contributed by atoms with E-state index in [1.165, 1.54) is 16.7 Å². The highest BCUT2D eigenvalue weighted by atomic mass is 35.5. The minimum atomic E-state index is -1.22. The topological polar surface area (TPSA) is 69.7 Å². The molecule has 6 heteroatoms. The van der Waals surface area contributed by atoms with Gasteiger partial charge in [0.15, 0.2) is 0 Å². The first-order valence-corrected chi connectivity index (χ1v) is 10.1. The lowest BCUT2D eigenvalue weighted by Crippen LogP contribution is -2.50. The van der Waals surface area contributed by atoms with E-state index in [0.29, 0.717) is 6.32 Å². The summed E-state index contributed by atoms with van der Waals surface area (Å²) in [6.07, 6.45) is 3.94. The van der Waals surface area contributed by atoms with Crippen LogP contribution in [0.5, 0.6) is 0 Å². The van der Waals surface area contributed by atoms with Crippen molar-refractivity contribution in [3.8, 4) is 0 Å². The van der Waals surface area contributed by atoms with E-state index in [4.69, 9.17) is 27.4 Å². The Morgan fingerprint density at radius 2 is 1.78 bits per heavy atom. The van der Waals surface area contributed by atoms with Gasteiger partial charge in [0.1, 0.15) is 0 Å². The van der Waals surface area contributed by atoms with Crippen LogP contribution in [0.3, 0.4) is 0 Å². The van der Waals surface area contributed by atoms with Gasteiger partial charge < -0.3 is 15.8 Å². The van der Waals surface area contributed by atoms with E-state index < -0.39 is 7.12 Å². The van der Waals surface area contributed by atoms with Gasteiger partial charge in [0.2, 0.25) is 0 Å². The van der Waals surface area contributed by atoms with E-state index in [0.717, 1.165) is 43.8 Å². The van der Waals surface area contributed by atoms with Crippen molar-refractivity contribution in [2.24, 2.45) is 5.73 Å². The van der Waals surface area contributed by atoms with Gasteiger partial charge in [0.05, 0.1) is 0 Å². The van der Waals surface area contributed by atoms with Crippen molar-refractivity contribution in [2.75, 3.05) is 0 Å². The molecule has 0 amide bonds. The summed E-state index contributed by atoms with van der Waals surface area (Å²) in [4.78, 5) is 2.47. The van der Waals surface area contributed by atoms with Crippen LogP contribution < -0.4 is 5.73 Å². The molecule has 2 aromatic carbocycles. The number of halogens is 1. The SMILES string of the molecule is NC(CCCCB(O)O)C1Cc2ccccc2CN1Cc1ccc(Cl)cc1. The maximum absolute atomic E-state index is 9.01. The number of hydrogen-bond donors (Lipinski definition) is 3. The first-order valence-electron chi connectivity index (χ1n) is 9.70. The molecular weight excluding hydrogens is 359 g/mol. The fourth-order valence-electron chi connectivity index (χ4n) is 3.92. The van der Waals surface area contributed by atoms with Crippen LogP contribution in [0.1, 0.15) is 36.0 Å². The molecule has 4 N–H and O–H groups in total. The molecule has 1 aliphatic rings. The Hall–Kier alpha value is -1.37. The summed E-state index contributed by atoms with van der Waals surface area (Å²) in [6.45, 7) is 1.74. The molecule has 27 heavy (non-hydrogen) atoms. The van der Waals surface area contributed by atoms with Crippen molar-refractivity contribution in [1.82, 2.24) is 4.90 Å². The number of unbranched alkanes of at least 4 members (excludes halogenated alkanes) is 1. The van der Waals surface area contributed by atoms with E-state index in [1.807, 2.05) is 12.1 Å². The summed E-state index contributed by atoms with van der Waals surface area (Å²) in [7, 11) is -1.22. The number of nitrogens with zero attached hydrogens (tertiary/aromatic N) is 1. The van der Waals surface area contributed by atoms with Gasteiger partial charge in [-0.25, -0.2) is 0 Å². The summed E-state index contributed by atoms with van der Waals surface area (Å²) in [5.74, 6) is 0. The normalized spacial score (nSPS) is 18.1. The third kappa shape index (κ3) is 5.80. The summed E-state index contributed by atoms with van der Waals surface area (Å²) < 4.78 is 0. The van der Waals surface area contributed by atoms with E-state index >= 15 is 0 Å². The Morgan fingerprint density at radius 1 is 1.07 bits per heavy atom. The molecule has 3 rings (SSSR count). The third-order valence-electron chi connectivity index (χ3n) is 5.43. The highest BCUT2D eigenvalue weighted by molar-refractivity contribution is 6.40. The van der Waals surface area contributed by atoms with Crippen LogP contribution in [0.25, 0.3) is 0 Å². The fourth-order valence-corrected chi connectivity index (χ4v) is 4.05. The largest absolute Gasteiger partial charge is 0.451 e. The average molecular weight is 387 g/mol. The van der Waals surface area contributed by atoms with Gasteiger partial charge in [-0.15, -0.1) is 0 Å². The van der Waals surface area contributed by atoms with Crippen LogP contribution in [0, 0.1) is 0 Å². The van der Waals surface area contributed by atoms with Gasteiger partial charge in [-0.3, -0.25) is 4.90 Å². The molecule has 4 nitrogen and oxygen atoms in total. The lowest BCUT2D eigenvalue weighted by molar-refractivity contribution is 0.135. The zero-order valence-electron chi connectivity index (χ0n) is 15.6. The minimum Gasteiger partial charge on any atom is -0.427 e. The smallest absolute Gasteiger partial charge is 0.427 e. The van der Waals surface area contributed by atoms with Crippen molar-refractivity contribution in [1.29, 1.82) is 0 Å². The van der Waals surface area contributed by atoms with Crippen molar-refractivity contribution in [2.45, 2.75) is 57.2 Å². The first kappa shape index (κ1) is 20.4. The minimum absolute atomic E-state index is 0.0569. The van der Waals surface area contributed by atoms with Crippen molar-refractivity contribution < 1.29 is 10.0 Å². The van der Waals surface area contributed by atoms with Gasteiger partial charge >= 0.3 is 7.12 Å². The van der Waals surface area contributed by atoms with Crippen molar-refractivity contribution in [3.05, 3.63) is 70.2 Å². The second-order valence-corrected chi connectivity index (χ2v) is 7.94. The molecule has 0 saturated carbocycles. The molecule has 0 spiro atoms. The highest BCUT2D eigenvalue weighted by Gasteiger charge is 2.30. The van der Waals surface area contributed by atoms with Crippen LogP contribution in [-0.2, 0) is 19.5 Å². The van der Waals surface area contributed by atoms with Gasteiger partial charge in [0.25, 0.3) is 0 Å². The molecule has 2 unspecified atom stereocenters. The number of hydrogen-bond acceptors (Lipinski definition) is 4. The van der Waals surface area contributed by atoms with Crippen LogP contribution in [0.2, 0.25) is 11.3 Å². The Bertz CT molecular complexity index is 726. The van der Waals surface area contributed by atoms with Gasteiger partial charge in [-0.05, 0) is 48.0 Å². The summed E-state index contributed by atoms with van der Waals surface area (Å²) >= 11 is 6.02. The predicted octanol–water partition coefficient (Wildman–Crippen LogP) is 3.24.